The van der Waals surface area contributed by atoms with Crippen molar-refractivity contribution < 1.29 is 27.5 Å². The second-order valence-electron chi connectivity index (χ2n) is 5.52. The number of halogens is 3. The van der Waals surface area contributed by atoms with Crippen molar-refractivity contribution in [2.75, 3.05) is 11.1 Å². The van der Waals surface area contributed by atoms with Gasteiger partial charge < -0.3 is 20.4 Å². The van der Waals surface area contributed by atoms with Crippen molar-refractivity contribution in [2.24, 2.45) is 5.73 Å². The maximum Gasteiger partial charge on any atom is 0.573 e. The molecule has 152 valence electrons. The molecule has 0 fully saturated rings. The van der Waals surface area contributed by atoms with Gasteiger partial charge in [0.2, 0.25) is 11.8 Å². The summed E-state index contributed by atoms with van der Waals surface area (Å²) in [6.45, 7) is 2.44. The van der Waals surface area contributed by atoms with E-state index >= 15 is 0 Å². The van der Waals surface area contributed by atoms with Crippen molar-refractivity contribution in [1.82, 2.24) is 14.8 Å². The summed E-state index contributed by atoms with van der Waals surface area (Å²) in [4.78, 5) is 23.0. The van der Waals surface area contributed by atoms with Gasteiger partial charge in [0.15, 0.2) is 5.16 Å². The number of primary amides is 1. The number of nitrogens with one attached hydrogen (secondary N) is 1. The van der Waals surface area contributed by atoms with Crippen LogP contribution in [0.15, 0.2) is 29.4 Å². The highest BCUT2D eigenvalue weighted by Gasteiger charge is 2.30. The first-order valence-electron chi connectivity index (χ1n) is 8.16. The normalized spacial score (nSPS) is 11.3. The number of benzene rings is 1. The van der Waals surface area contributed by atoms with Crippen molar-refractivity contribution in [1.29, 1.82) is 0 Å². The molecule has 2 aromatic rings. The van der Waals surface area contributed by atoms with E-state index in [1.54, 1.807) is 4.57 Å². The molecular formula is C16H18F3N5O3S. The predicted molar refractivity (Wildman–Crippen MR) is 95.7 cm³/mol. The third kappa shape index (κ3) is 6.76. The average molecular weight is 417 g/mol. The molecule has 1 aromatic carbocycles. The van der Waals surface area contributed by atoms with Crippen LogP contribution in [0.1, 0.15) is 19.2 Å². The molecular weight excluding hydrogens is 399 g/mol. The van der Waals surface area contributed by atoms with Gasteiger partial charge in [-0.05, 0) is 31.2 Å². The zero-order chi connectivity index (χ0) is 20.7. The lowest BCUT2D eigenvalue weighted by atomic mass is 10.3. The highest BCUT2D eigenvalue weighted by Crippen LogP contribution is 2.24. The number of hydrogen-bond donors (Lipinski definition) is 2. The number of nitrogens with two attached hydrogens (primary N) is 1. The molecule has 2 amide bonds. The number of amides is 2. The lowest BCUT2D eigenvalue weighted by Crippen LogP contribution is -2.17. The van der Waals surface area contributed by atoms with Gasteiger partial charge in [-0.25, -0.2) is 0 Å². The van der Waals surface area contributed by atoms with E-state index in [1.165, 1.54) is 12.1 Å². The summed E-state index contributed by atoms with van der Waals surface area (Å²) in [5.74, 6) is -0.553. The van der Waals surface area contributed by atoms with Crippen LogP contribution in [0, 0.1) is 0 Å². The zero-order valence-corrected chi connectivity index (χ0v) is 15.6. The Morgan fingerprint density at radius 2 is 1.93 bits per heavy atom. The van der Waals surface area contributed by atoms with E-state index in [0.717, 1.165) is 23.9 Å². The zero-order valence-electron chi connectivity index (χ0n) is 14.8. The minimum absolute atomic E-state index is 0.0226. The fourth-order valence-corrected chi connectivity index (χ4v) is 3.05. The second kappa shape index (κ2) is 9.44. The van der Waals surface area contributed by atoms with Crippen LogP contribution >= 0.6 is 11.8 Å². The number of carbonyl (C=O) groups is 2. The Bertz CT molecular complexity index is 824. The number of anilines is 1. The summed E-state index contributed by atoms with van der Waals surface area (Å²) < 4.78 is 42.0. The van der Waals surface area contributed by atoms with Crippen molar-refractivity contribution in [2.45, 2.75) is 37.8 Å². The summed E-state index contributed by atoms with van der Waals surface area (Å²) in [5.41, 5.74) is 5.46. The summed E-state index contributed by atoms with van der Waals surface area (Å²) in [6.07, 6.45) is -4.26. The van der Waals surface area contributed by atoms with Gasteiger partial charge in [0, 0.05) is 25.1 Å². The van der Waals surface area contributed by atoms with Gasteiger partial charge in [0.05, 0.1) is 5.75 Å². The SMILES string of the molecule is CCn1c(CCC(N)=O)nnc1SCC(=O)Nc1ccc(OC(F)(F)F)cc1. The Morgan fingerprint density at radius 3 is 2.50 bits per heavy atom. The van der Waals surface area contributed by atoms with E-state index in [1.807, 2.05) is 6.92 Å². The van der Waals surface area contributed by atoms with Crippen LogP contribution < -0.4 is 15.8 Å². The lowest BCUT2D eigenvalue weighted by molar-refractivity contribution is -0.274. The van der Waals surface area contributed by atoms with Crippen molar-refractivity contribution in [3.63, 3.8) is 0 Å². The van der Waals surface area contributed by atoms with Crippen molar-refractivity contribution in [3.8, 4) is 5.75 Å². The molecule has 0 spiro atoms. The summed E-state index contributed by atoms with van der Waals surface area (Å²) >= 11 is 1.15. The van der Waals surface area contributed by atoms with Gasteiger partial charge in [0.25, 0.3) is 0 Å². The lowest BCUT2D eigenvalue weighted by Gasteiger charge is -2.10. The Labute approximate surface area is 162 Å². The van der Waals surface area contributed by atoms with Crippen molar-refractivity contribution >= 4 is 29.3 Å². The number of thioether (sulfide) groups is 1. The average Bonchev–Trinajstić information content (AvgIpc) is 3.00. The van der Waals surface area contributed by atoms with Crippen molar-refractivity contribution in [3.05, 3.63) is 30.1 Å². The van der Waals surface area contributed by atoms with E-state index in [9.17, 15) is 22.8 Å². The predicted octanol–water partition coefficient (Wildman–Crippen LogP) is 2.35. The molecule has 28 heavy (non-hydrogen) atoms. The number of hydrogen-bond acceptors (Lipinski definition) is 6. The van der Waals surface area contributed by atoms with Gasteiger partial charge in [0.1, 0.15) is 11.6 Å². The molecule has 1 aromatic heterocycles. The Balaban J connectivity index is 1.89. The number of nitrogens with zero attached hydrogens (tertiary/aromatic N) is 3. The summed E-state index contributed by atoms with van der Waals surface area (Å²) in [6, 6.07) is 4.82. The maximum absolute atomic E-state index is 12.1. The highest BCUT2D eigenvalue weighted by molar-refractivity contribution is 7.99. The van der Waals surface area contributed by atoms with Crippen LogP contribution in [0.5, 0.6) is 5.75 Å². The Hall–Kier alpha value is -2.76. The van der Waals surface area contributed by atoms with Crippen LogP contribution in [0.25, 0.3) is 0 Å². The van der Waals surface area contributed by atoms with Gasteiger partial charge in [-0.15, -0.1) is 23.4 Å². The molecule has 0 bridgehead atoms. The number of ether oxygens (including phenoxy) is 1. The molecule has 3 N–H and O–H groups in total. The molecule has 0 aliphatic heterocycles. The first kappa shape index (κ1) is 21.5. The molecule has 0 saturated carbocycles. The molecule has 0 aliphatic rings. The van der Waals surface area contributed by atoms with E-state index in [0.29, 0.717) is 29.6 Å². The summed E-state index contributed by atoms with van der Waals surface area (Å²) in [5, 5.41) is 11.1. The second-order valence-corrected chi connectivity index (χ2v) is 6.46. The van der Waals surface area contributed by atoms with Gasteiger partial charge >= 0.3 is 6.36 Å². The molecule has 1 heterocycles. The molecule has 0 atom stereocenters. The molecule has 8 nitrogen and oxygen atoms in total. The van der Waals surface area contributed by atoms with E-state index < -0.39 is 12.3 Å². The molecule has 0 aliphatic carbocycles. The number of aryl methyl sites for hydroxylation is 1. The minimum atomic E-state index is -4.77. The number of carbonyl (C=O) groups excluding carboxylic acids is 2. The number of aromatic nitrogens is 3. The molecule has 0 unspecified atom stereocenters. The van der Waals surface area contributed by atoms with Crippen LogP contribution in [0.3, 0.4) is 0 Å². The first-order chi connectivity index (χ1) is 13.2. The quantitative estimate of drug-likeness (QED) is 0.606. The smallest absolute Gasteiger partial charge is 0.406 e. The van der Waals surface area contributed by atoms with Crippen LogP contribution in [0.4, 0.5) is 18.9 Å². The standard InChI is InChI=1S/C16H18F3N5O3S/c1-2-24-13(8-7-12(20)25)22-23-15(24)28-9-14(26)21-10-3-5-11(6-4-10)27-16(17,18)19/h3-6H,2,7-9H2,1H3,(H2,20,25)(H,21,26). The fraction of sp³-hybridized carbons (Fsp3) is 0.375. The fourth-order valence-electron chi connectivity index (χ4n) is 2.23. The van der Waals surface area contributed by atoms with Crippen LogP contribution in [0.2, 0.25) is 0 Å². The largest absolute Gasteiger partial charge is 0.573 e. The molecule has 2 rings (SSSR count). The molecule has 0 radical (unpaired) electrons. The van der Waals surface area contributed by atoms with E-state index in [4.69, 9.17) is 5.73 Å². The third-order valence-electron chi connectivity index (χ3n) is 3.41. The monoisotopic (exact) mass is 417 g/mol. The van der Waals surface area contributed by atoms with Gasteiger partial charge in [-0.2, -0.15) is 0 Å². The number of rotatable bonds is 9. The van der Waals surface area contributed by atoms with Gasteiger partial charge in [-0.1, -0.05) is 11.8 Å². The minimum Gasteiger partial charge on any atom is -0.406 e. The Morgan fingerprint density at radius 1 is 1.25 bits per heavy atom. The highest BCUT2D eigenvalue weighted by atomic mass is 32.2. The van der Waals surface area contributed by atoms with Crippen LogP contribution in [-0.4, -0.2) is 38.7 Å². The number of alkyl halides is 3. The third-order valence-corrected chi connectivity index (χ3v) is 4.38. The van der Waals surface area contributed by atoms with E-state index in [2.05, 4.69) is 20.3 Å². The molecule has 12 heteroatoms. The summed E-state index contributed by atoms with van der Waals surface area (Å²) in [7, 11) is 0. The van der Waals surface area contributed by atoms with Crippen LogP contribution in [-0.2, 0) is 22.6 Å². The Kier molecular flexibility index (Phi) is 7.26. The topological polar surface area (TPSA) is 112 Å². The van der Waals surface area contributed by atoms with Gasteiger partial charge in [-0.3, -0.25) is 9.59 Å². The first-order valence-corrected chi connectivity index (χ1v) is 9.15. The molecule has 0 saturated heterocycles. The van der Waals surface area contributed by atoms with E-state index in [-0.39, 0.29) is 23.8 Å². The maximum atomic E-state index is 12.1.